The summed E-state index contributed by atoms with van der Waals surface area (Å²) in [4.78, 5) is 9.98. The van der Waals surface area contributed by atoms with Crippen LogP contribution in [-0.2, 0) is 0 Å². The molecule has 1 aromatic heterocycles. The van der Waals surface area contributed by atoms with Gasteiger partial charge in [-0.05, 0) is 13.3 Å². The number of aliphatic hydroxyl groups excluding tert-OH is 1. The average molecular weight is 223 g/mol. The zero-order valence-electron chi connectivity index (χ0n) is 9.51. The standard InChI is InChI=1S/C10H17N5O/c1-7(16)3-6-15(2)10-8(9(11)12)13-4-5-14-10/h4-5,7,16H,3,6H2,1-2H3,(H3,11,12). The summed E-state index contributed by atoms with van der Waals surface area (Å²) in [5, 5.41) is 16.6. The molecule has 0 aliphatic rings. The third kappa shape index (κ3) is 3.16. The fourth-order valence-corrected chi connectivity index (χ4v) is 1.29. The molecule has 0 spiro atoms. The van der Waals surface area contributed by atoms with E-state index in [1.165, 1.54) is 6.20 Å². The van der Waals surface area contributed by atoms with Crippen LogP contribution in [0, 0.1) is 5.41 Å². The van der Waals surface area contributed by atoms with E-state index in [2.05, 4.69) is 9.97 Å². The number of rotatable bonds is 5. The van der Waals surface area contributed by atoms with Crippen molar-refractivity contribution in [2.45, 2.75) is 19.4 Å². The lowest BCUT2D eigenvalue weighted by Gasteiger charge is -2.20. The van der Waals surface area contributed by atoms with Gasteiger partial charge in [0.1, 0.15) is 11.5 Å². The number of aliphatic hydroxyl groups is 1. The van der Waals surface area contributed by atoms with Gasteiger partial charge in [-0.15, -0.1) is 0 Å². The van der Waals surface area contributed by atoms with Crippen LogP contribution in [0.15, 0.2) is 12.4 Å². The van der Waals surface area contributed by atoms with Crippen molar-refractivity contribution in [2.24, 2.45) is 5.73 Å². The van der Waals surface area contributed by atoms with Crippen molar-refractivity contribution in [3.05, 3.63) is 18.1 Å². The van der Waals surface area contributed by atoms with Crippen molar-refractivity contribution in [3.8, 4) is 0 Å². The van der Waals surface area contributed by atoms with Crippen molar-refractivity contribution in [2.75, 3.05) is 18.5 Å². The Kier molecular flexibility index (Phi) is 4.19. The maximum atomic E-state index is 9.20. The lowest BCUT2D eigenvalue weighted by Crippen LogP contribution is -2.27. The van der Waals surface area contributed by atoms with Crippen LogP contribution in [0.2, 0.25) is 0 Å². The van der Waals surface area contributed by atoms with Gasteiger partial charge in [-0.25, -0.2) is 9.97 Å². The molecule has 0 saturated carbocycles. The average Bonchev–Trinajstić information content (AvgIpc) is 2.25. The Balaban J connectivity index is 2.82. The van der Waals surface area contributed by atoms with Crippen LogP contribution >= 0.6 is 0 Å². The monoisotopic (exact) mass is 223 g/mol. The summed E-state index contributed by atoms with van der Waals surface area (Å²) < 4.78 is 0. The van der Waals surface area contributed by atoms with Gasteiger partial charge in [0.25, 0.3) is 0 Å². The predicted octanol–water partition coefficient (Wildman–Crippen LogP) is -0.0322. The molecular weight excluding hydrogens is 206 g/mol. The molecule has 4 N–H and O–H groups in total. The minimum absolute atomic E-state index is 0.105. The maximum absolute atomic E-state index is 9.20. The molecule has 6 heteroatoms. The van der Waals surface area contributed by atoms with Gasteiger partial charge in [0, 0.05) is 26.0 Å². The predicted molar refractivity (Wildman–Crippen MR) is 62.6 cm³/mol. The Hall–Kier alpha value is -1.69. The zero-order chi connectivity index (χ0) is 12.1. The topological polar surface area (TPSA) is 99.1 Å². The molecule has 6 nitrogen and oxygen atoms in total. The second kappa shape index (κ2) is 5.41. The summed E-state index contributed by atoms with van der Waals surface area (Å²) >= 11 is 0. The molecular formula is C10H17N5O. The van der Waals surface area contributed by atoms with Crippen LogP contribution in [0.5, 0.6) is 0 Å². The number of hydrogen-bond donors (Lipinski definition) is 3. The van der Waals surface area contributed by atoms with E-state index in [1.54, 1.807) is 13.1 Å². The van der Waals surface area contributed by atoms with Crippen molar-refractivity contribution < 1.29 is 5.11 Å². The van der Waals surface area contributed by atoms with Gasteiger partial charge in [-0.3, -0.25) is 5.41 Å². The molecule has 0 fully saturated rings. The van der Waals surface area contributed by atoms with Gasteiger partial charge in [0.15, 0.2) is 5.82 Å². The summed E-state index contributed by atoms with van der Waals surface area (Å²) in [5.74, 6) is 0.461. The van der Waals surface area contributed by atoms with Gasteiger partial charge in [0.2, 0.25) is 0 Å². The Morgan fingerprint density at radius 3 is 2.75 bits per heavy atom. The number of nitrogen functional groups attached to an aromatic ring is 1. The first-order valence-electron chi connectivity index (χ1n) is 5.07. The third-order valence-corrected chi connectivity index (χ3v) is 2.18. The fraction of sp³-hybridized carbons (Fsp3) is 0.500. The number of nitrogens with one attached hydrogen (secondary N) is 1. The molecule has 1 unspecified atom stereocenters. The molecule has 0 radical (unpaired) electrons. The van der Waals surface area contributed by atoms with E-state index in [4.69, 9.17) is 11.1 Å². The van der Waals surface area contributed by atoms with Crippen LogP contribution in [0.25, 0.3) is 0 Å². The highest BCUT2D eigenvalue weighted by Gasteiger charge is 2.12. The first kappa shape index (κ1) is 12.4. The summed E-state index contributed by atoms with van der Waals surface area (Å²) in [5.41, 5.74) is 5.78. The van der Waals surface area contributed by atoms with E-state index in [0.29, 0.717) is 24.5 Å². The molecule has 16 heavy (non-hydrogen) atoms. The van der Waals surface area contributed by atoms with Crippen molar-refractivity contribution >= 4 is 11.7 Å². The van der Waals surface area contributed by atoms with Crippen LogP contribution in [0.3, 0.4) is 0 Å². The summed E-state index contributed by atoms with van der Waals surface area (Å²) in [6.45, 7) is 2.37. The minimum atomic E-state index is -0.361. The molecule has 0 saturated heterocycles. The number of nitrogens with zero attached hydrogens (tertiary/aromatic N) is 3. The van der Waals surface area contributed by atoms with E-state index in [0.717, 1.165) is 0 Å². The highest BCUT2D eigenvalue weighted by Crippen LogP contribution is 2.12. The lowest BCUT2D eigenvalue weighted by atomic mass is 10.2. The van der Waals surface area contributed by atoms with Gasteiger partial charge < -0.3 is 15.7 Å². The fourth-order valence-electron chi connectivity index (χ4n) is 1.29. The third-order valence-electron chi connectivity index (χ3n) is 2.18. The minimum Gasteiger partial charge on any atom is -0.393 e. The van der Waals surface area contributed by atoms with Gasteiger partial charge in [0.05, 0.1) is 6.10 Å². The summed E-state index contributed by atoms with van der Waals surface area (Å²) in [7, 11) is 1.83. The largest absolute Gasteiger partial charge is 0.393 e. The Labute approximate surface area is 94.6 Å². The van der Waals surface area contributed by atoms with E-state index in [1.807, 2.05) is 11.9 Å². The Morgan fingerprint density at radius 1 is 1.56 bits per heavy atom. The molecule has 1 rings (SSSR count). The number of amidine groups is 1. The SMILES string of the molecule is CC(O)CCN(C)c1nccnc1C(=N)N. The lowest BCUT2D eigenvalue weighted by molar-refractivity contribution is 0.187. The van der Waals surface area contributed by atoms with Gasteiger partial charge in [-0.2, -0.15) is 0 Å². The van der Waals surface area contributed by atoms with E-state index in [-0.39, 0.29) is 11.9 Å². The molecule has 0 amide bonds. The van der Waals surface area contributed by atoms with Crippen LogP contribution in [0.4, 0.5) is 5.82 Å². The summed E-state index contributed by atoms with van der Waals surface area (Å²) in [6.07, 6.45) is 3.33. The molecule has 1 heterocycles. The normalized spacial score (nSPS) is 12.2. The number of aromatic nitrogens is 2. The smallest absolute Gasteiger partial charge is 0.158 e. The van der Waals surface area contributed by atoms with Crippen LogP contribution in [-0.4, -0.2) is 40.6 Å². The maximum Gasteiger partial charge on any atom is 0.158 e. The number of nitrogens with two attached hydrogens (primary N) is 1. The molecule has 0 aromatic carbocycles. The van der Waals surface area contributed by atoms with Crippen molar-refractivity contribution in [3.63, 3.8) is 0 Å². The number of anilines is 1. The molecule has 0 aliphatic carbocycles. The van der Waals surface area contributed by atoms with Crippen LogP contribution in [0.1, 0.15) is 19.0 Å². The van der Waals surface area contributed by atoms with E-state index in [9.17, 15) is 5.11 Å². The number of hydrogen-bond acceptors (Lipinski definition) is 5. The van der Waals surface area contributed by atoms with Gasteiger partial charge in [-0.1, -0.05) is 0 Å². The summed E-state index contributed by atoms with van der Waals surface area (Å²) in [6, 6.07) is 0. The van der Waals surface area contributed by atoms with Crippen molar-refractivity contribution in [1.29, 1.82) is 5.41 Å². The Morgan fingerprint density at radius 2 is 2.19 bits per heavy atom. The second-order valence-electron chi connectivity index (χ2n) is 3.70. The quantitative estimate of drug-likeness (QED) is 0.481. The molecule has 88 valence electrons. The highest BCUT2D eigenvalue weighted by molar-refractivity contribution is 5.97. The van der Waals surface area contributed by atoms with Crippen LogP contribution < -0.4 is 10.6 Å². The molecule has 0 bridgehead atoms. The first-order chi connectivity index (χ1) is 7.52. The van der Waals surface area contributed by atoms with Crippen molar-refractivity contribution in [1.82, 2.24) is 9.97 Å². The van der Waals surface area contributed by atoms with E-state index >= 15 is 0 Å². The zero-order valence-corrected chi connectivity index (χ0v) is 9.51. The highest BCUT2D eigenvalue weighted by atomic mass is 16.3. The molecule has 1 atom stereocenters. The Bertz CT molecular complexity index is 366. The van der Waals surface area contributed by atoms with Gasteiger partial charge >= 0.3 is 0 Å². The van der Waals surface area contributed by atoms with E-state index < -0.39 is 0 Å². The first-order valence-corrected chi connectivity index (χ1v) is 5.07. The second-order valence-corrected chi connectivity index (χ2v) is 3.70. The molecule has 0 aliphatic heterocycles. The molecule has 1 aromatic rings.